The lowest BCUT2D eigenvalue weighted by Gasteiger charge is -2.29. The summed E-state index contributed by atoms with van der Waals surface area (Å²) in [5.74, 6) is -1.01. The third-order valence-corrected chi connectivity index (χ3v) is 7.88. The second-order valence-electron chi connectivity index (χ2n) is 12.7. The molecule has 11 heteroatoms. The molecule has 0 aliphatic heterocycles. The molecule has 1 aliphatic carbocycles. The van der Waals surface area contributed by atoms with Crippen molar-refractivity contribution in [1.29, 1.82) is 0 Å². The first kappa shape index (κ1) is 32.9. The first-order chi connectivity index (χ1) is 22.4. The highest BCUT2D eigenvalue weighted by molar-refractivity contribution is 6.08. The van der Waals surface area contributed by atoms with E-state index in [9.17, 15) is 19.2 Å². The fourth-order valence-electron chi connectivity index (χ4n) is 5.57. The van der Waals surface area contributed by atoms with E-state index >= 15 is 0 Å². The number of anilines is 2. The predicted molar refractivity (Wildman–Crippen MR) is 181 cm³/mol. The molecular weight excluding hydrogens is 596 g/mol. The number of amides is 4. The van der Waals surface area contributed by atoms with Gasteiger partial charge in [-0.25, -0.2) is 4.79 Å². The smallest absolute Gasteiger partial charge is 0.408 e. The summed E-state index contributed by atoms with van der Waals surface area (Å²) in [7, 11) is 0. The van der Waals surface area contributed by atoms with Crippen LogP contribution >= 0.6 is 0 Å². The van der Waals surface area contributed by atoms with E-state index in [2.05, 4.69) is 26.3 Å². The molecule has 0 atom stereocenters. The van der Waals surface area contributed by atoms with E-state index in [1.54, 1.807) is 32.9 Å². The molecule has 0 spiro atoms. The second kappa shape index (κ2) is 14.3. The zero-order chi connectivity index (χ0) is 33.6. The summed E-state index contributed by atoms with van der Waals surface area (Å²) in [6, 6.07) is 22.7. The van der Waals surface area contributed by atoms with Crippen LogP contribution in [0.1, 0.15) is 67.2 Å². The van der Waals surface area contributed by atoms with Gasteiger partial charge in [-0.05, 0) is 94.0 Å². The van der Waals surface area contributed by atoms with Crippen LogP contribution in [0.5, 0.6) is 0 Å². The Morgan fingerprint density at radius 2 is 1.49 bits per heavy atom. The van der Waals surface area contributed by atoms with Crippen LogP contribution in [0.15, 0.2) is 79.0 Å². The Bertz CT molecular complexity index is 1760. The summed E-state index contributed by atoms with van der Waals surface area (Å²) in [6.45, 7) is 5.12. The summed E-state index contributed by atoms with van der Waals surface area (Å²) < 4.78 is 5.15. The number of nitrogens with two attached hydrogens (primary N) is 1. The van der Waals surface area contributed by atoms with Gasteiger partial charge in [-0.15, -0.1) is 0 Å². The first-order valence-corrected chi connectivity index (χ1v) is 15.7. The van der Waals surface area contributed by atoms with E-state index in [0.717, 1.165) is 47.9 Å². The highest BCUT2D eigenvalue weighted by Gasteiger charge is 2.24. The maximum absolute atomic E-state index is 13.1. The van der Waals surface area contributed by atoms with Gasteiger partial charge in [0.2, 0.25) is 5.91 Å². The van der Waals surface area contributed by atoms with E-state index in [4.69, 9.17) is 10.5 Å². The van der Waals surface area contributed by atoms with Gasteiger partial charge in [0, 0.05) is 34.9 Å². The number of primary amides is 1. The van der Waals surface area contributed by atoms with Crippen molar-refractivity contribution in [2.45, 2.75) is 64.1 Å². The standard InChI is InChI=1S/C36H40N6O5/c1-36(2,3)47-35(46)39-21-31(43)40-26-14-16-27(17-15-26)42-34(45)23-11-9-22(10-12-23)24-13-18-30-28(19-24)32(29(20-38-30)33(37)44)41-25-7-5-4-6-8-25/h4-13,18-20,26-27H,14-17,21H2,1-3H3,(H2,37,44)(H,38,41)(H,39,46)(H,40,43)(H,42,45)/t26-,27+. The molecule has 6 N–H and O–H groups in total. The minimum absolute atomic E-state index is 0.00167. The number of nitrogens with zero attached hydrogens (tertiary/aromatic N) is 1. The molecule has 1 fully saturated rings. The number of alkyl carbamates (subject to hydrolysis) is 1. The van der Waals surface area contributed by atoms with Crippen LogP contribution in [0.4, 0.5) is 16.2 Å². The van der Waals surface area contributed by atoms with Gasteiger partial charge >= 0.3 is 6.09 Å². The average Bonchev–Trinajstić information content (AvgIpc) is 3.04. The molecule has 1 heterocycles. The molecule has 244 valence electrons. The van der Waals surface area contributed by atoms with Crippen molar-refractivity contribution in [3.8, 4) is 11.1 Å². The topological polar surface area (TPSA) is 165 Å². The Morgan fingerprint density at radius 1 is 0.851 bits per heavy atom. The van der Waals surface area contributed by atoms with Gasteiger partial charge in [0.25, 0.3) is 11.8 Å². The van der Waals surface area contributed by atoms with Gasteiger partial charge in [-0.1, -0.05) is 36.4 Å². The lowest BCUT2D eigenvalue weighted by Crippen LogP contribution is -2.46. The number of pyridine rings is 1. The summed E-state index contributed by atoms with van der Waals surface area (Å²) in [5.41, 5.74) is 9.79. The van der Waals surface area contributed by atoms with Crippen molar-refractivity contribution in [2.24, 2.45) is 5.73 Å². The average molecular weight is 637 g/mol. The van der Waals surface area contributed by atoms with Gasteiger partial charge in [0.05, 0.1) is 16.8 Å². The van der Waals surface area contributed by atoms with Gasteiger partial charge in [-0.3, -0.25) is 19.4 Å². The monoisotopic (exact) mass is 636 g/mol. The summed E-state index contributed by atoms with van der Waals surface area (Å²) in [5, 5.41) is 12.6. The van der Waals surface area contributed by atoms with E-state index in [1.807, 2.05) is 60.7 Å². The minimum Gasteiger partial charge on any atom is -0.444 e. The normalized spacial score (nSPS) is 16.1. The molecule has 1 saturated carbocycles. The third-order valence-electron chi connectivity index (χ3n) is 7.88. The summed E-state index contributed by atoms with van der Waals surface area (Å²) in [4.78, 5) is 53.8. The van der Waals surface area contributed by atoms with Crippen LogP contribution in [-0.2, 0) is 9.53 Å². The van der Waals surface area contributed by atoms with Crippen LogP contribution < -0.4 is 27.0 Å². The van der Waals surface area contributed by atoms with Crippen molar-refractivity contribution in [2.75, 3.05) is 11.9 Å². The lowest BCUT2D eigenvalue weighted by atomic mass is 9.91. The Labute approximate surface area is 273 Å². The van der Waals surface area contributed by atoms with Crippen molar-refractivity contribution in [3.63, 3.8) is 0 Å². The maximum Gasteiger partial charge on any atom is 0.408 e. The van der Waals surface area contributed by atoms with E-state index < -0.39 is 17.6 Å². The van der Waals surface area contributed by atoms with Crippen LogP contribution in [0.2, 0.25) is 0 Å². The van der Waals surface area contributed by atoms with E-state index in [0.29, 0.717) is 16.8 Å². The number of hydrogen-bond acceptors (Lipinski definition) is 7. The van der Waals surface area contributed by atoms with Crippen molar-refractivity contribution in [3.05, 3.63) is 90.1 Å². The van der Waals surface area contributed by atoms with Crippen molar-refractivity contribution in [1.82, 2.24) is 20.9 Å². The molecule has 47 heavy (non-hydrogen) atoms. The van der Waals surface area contributed by atoms with Crippen LogP contribution in [-0.4, -0.2) is 53.0 Å². The molecule has 1 aliphatic rings. The Hall–Kier alpha value is -5.45. The molecule has 0 unspecified atom stereocenters. The fourth-order valence-corrected chi connectivity index (χ4v) is 5.57. The number of nitrogens with one attached hydrogen (secondary N) is 4. The number of aromatic nitrogens is 1. The quantitative estimate of drug-likeness (QED) is 0.164. The number of para-hydroxylation sites is 1. The van der Waals surface area contributed by atoms with Gasteiger partial charge in [0.1, 0.15) is 12.1 Å². The number of ether oxygens (including phenoxy) is 1. The van der Waals surface area contributed by atoms with Crippen molar-refractivity contribution < 1.29 is 23.9 Å². The number of fused-ring (bicyclic) bond motifs is 1. The second-order valence-corrected chi connectivity index (χ2v) is 12.7. The zero-order valence-corrected chi connectivity index (χ0v) is 26.8. The molecule has 0 bridgehead atoms. The Morgan fingerprint density at radius 3 is 2.13 bits per heavy atom. The highest BCUT2D eigenvalue weighted by atomic mass is 16.6. The van der Waals surface area contributed by atoms with Crippen LogP contribution in [0.25, 0.3) is 22.0 Å². The number of rotatable bonds is 9. The predicted octanol–water partition coefficient (Wildman–Crippen LogP) is 5.43. The maximum atomic E-state index is 13.1. The van der Waals surface area contributed by atoms with Crippen molar-refractivity contribution >= 4 is 46.1 Å². The van der Waals surface area contributed by atoms with Gasteiger partial charge in [-0.2, -0.15) is 0 Å². The Kier molecular flexibility index (Phi) is 10.0. The lowest BCUT2D eigenvalue weighted by molar-refractivity contribution is -0.121. The molecule has 11 nitrogen and oxygen atoms in total. The molecule has 0 saturated heterocycles. The summed E-state index contributed by atoms with van der Waals surface area (Å²) in [6.07, 6.45) is 3.75. The largest absolute Gasteiger partial charge is 0.444 e. The molecule has 4 aromatic rings. The fraction of sp³-hybridized carbons (Fsp3) is 0.306. The summed E-state index contributed by atoms with van der Waals surface area (Å²) >= 11 is 0. The minimum atomic E-state index is -0.634. The number of carbonyl (C=O) groups excluding carboxylic acids is 4. The number of benzene rings is 3. The van der Waals surface area contributed by atoms with E-state index in [-0.39, 0.29) is 36.0 Å². The number of carbonyl (C=O) groups is 4. The highest BCUT2D eigenvalue weighted by Crippen LogP contribution is 2.32. The molecule has 3 aromatic carbocycles. The molecular formula is C36H40N6O5. The third kappa shape index (κ3) is 8.84. The zero-order valence-electron chi connectivity index (χ0n) is 26.8. The molecule has 1 aromatic heterocycles. The SMILES string of the molecule is CC(C)(C)OC(=O)NCC(=O)N[C@H]1CC[C@@H](NC(=O)c2ccc(-c3ccc4ncc(C(N)=O)c(Nc5ccccc5)c4c3)cc2)CC1. The van der Waals surface area contributed by atoms with Gasteiger partial charge < -0.3 is 31.7 Å². The van der Waals surface area contributed by atoms with Gasteiger partial charge in [0.15, 0.2) is 0 Å². The van der Waals surface area contributed by atoms with E-state index in [1.165, 1.54) is 6.20 Å². The molecule has 0 radical (unpaired) electrons. The molecule has 4 amide bonds. The Balaban J connectivity index is 1.18. The first-order valence-electron chi connectivity index (χ1n) is 15.7. The van der Waals surface area contributed by atoms with Crippen LogP contribution in [0.3, 0.4) is 0 Å². The van der Waals surface area contributed by atoms with Crippen LogP contribution in [0, 0.1) is 0 Å². The molecule has 5 rings (SSSR count). The number of hydrogen-bond donors (Lipinski definition) is 5.